The van der Waals surface area contributed by atoms with Crippen molar-refractivity contribution in [3.05, 3.63) is 36.5 Å². The lowest BCUT2D eigenvalue weighted by Crippen LogP contribution is -2.59. The molecule has 1 fully saturated rings. The number of aliphatic hydroxyl groups is 4. The Morgan fingerprint density at radius 1 is 0.623 bits per heavy atom. The first-order valence-corrected chi connectivity index (χ1v) is 21.1. The van der Waals surface area contributed by atoms with Crippen LogP contribution in [0.15, 0.2) is 36.5 Å². The highest BCUT2D eigenvalue weighted by molar-refractivity contribution is 5.82. The van der Waals surface area contributed by atoms with Crippen molar-refractivity contribution >= 4 is 11.9 Å². The SMILES string of the molecule is CCCCCCCC/C=C/CCCCCC(=O)OC[C@H](CO[C@@H]1O[C@H](CO)[C@H](O)C(O)C1O)OC(=O)/C=C/C=C/CCCCCCCCCCCCC. The minimum atomic E-state index is -1.61. The molecule has 6 atom stereocenters. The smallest absolute Gasteiger partial charge is 0.331 e. The number of carbonyl (C=O) groups excluding carboxylic acids is 2. The minimum absolute atomic E-state index is 0.236. The summed E-state index contributed by atoms with van der Waals surface area (Å²) in [7, 11) is 0. The number of allylic oxidation sites excluding steroid dienone is 5. The zero-order chi connectivity index (χ0) is 38.8. The summed E-state index contributed by atoms with van der Waals surface area (Å²) >= 11 is 0. The summed E-state index contributed by atoms with van der Waals surface area (Å²) in [4.78, 5) is 25.1. The lowest BCUT2D eigenvalue weighted by atomic mass is 9.99. The van der Waals surface area contributed by atoms with Gasteiger partial charge in [0.25, 0.3) is 0 Å². The van der Waals surface area contributed by atoms with Crippen LogP contribution in [-0.2, 0) is 28.5 Å². The average molecular weight is 753 g/mol. The standard InChI is InChI=1S/C43H76O10/c1-3-5-7-9-11-13-15-17-18-20-22-24-26-28-30-32-39(46)52-36(35-51-43-42(49)41(48)40(47)37(33-44)53-43)34-50-38(45)31-29-27-25-23-21-19-16-14-12-10-8-6-4-2/h19,21,26,28,30,32,36-37,40-44,47-49H,3-18,20,22-25,27,29,31,33-35H2,1-2H3/b21-19+,28-26+,32-30+/t36-,37-,40+,41?,42?,43-/m1/s1. The van der Waals surface area contributed by atoms with Gasteiger partial charge in [0.2, 0.25) is 0 Å². The van der Waals surface area contributed by atoms with Crippen LogP contribution >= 0.6 is 0 Å². The van der Waals surface area contributed by atoms with Crippen LogP contribution in [0, 0.1) is 0 Å². The van der Waals surface area contributed by atoms with Gasteiger partial charge in [-0.1, -0.05) is 147 Å². The Labute approximate surface area is 321 Å². The van der Waals surface area contributed by atoms with E-state index in [9.17, 15) is 30.0 Å². The fourth-order valence-electron chi connectivity index (χ4n) is 6.21. The molecular formula is C43H76O10. The number of carbonyl (C=O) groups is 2. The van der Waals surface area contributed by atoms with E-state index in [1.54, 1.807) is 6.08 Å². The van der Waals surface area contributed by atoms with E-state index in [2.05, 4.69) is 26.0 Å². The second-order valence-corrected chi connectivity index (χ2v) is 14.5. The van der Waals surface area contributed by atoms with Gasteiger partial charge >= 0.3 is 11.9 Å². The molecule has 0 bridgehead atoms. The van der Waals surface area contributed by atoms with Crippen molar-refractivity contribution in [2.24, 2.45) is 0 Å². The van der Waals surface area contributed by atoms with Gasteiger partial charge in [-0.2, -0.15) is 0 Å². The summed E-state index contributed by atoms with van der Waals surface area (Å²) in [6, 6.07) is 0. The van der Waals surface area contributed by atoms with Gasteiger partial charge < -0.3 is 39.4 Å². The molecule has 10 nitrogen and oxygen atoms in total. The highest BCUT2D eigenvalue weighted by Gasteiger charge is 2.44. The maximum Gasteiger partial charge on any atom is 0.331 e. The summed E-state index contributed by atoms with van der Waals surface area (Å²) in [5, 5.41) is 39.9. The summed E-state index contributed by atoms with van der Waals surface area (Å²) in [6.45, 7) is 3.28. The Morgan fingerprint density at radius 3 is 1.68 bits per heavy atom. The van der Waals surface area contributed by atoms with Crippen LogP contribution in [0.1, 0.15) is 168 Å². The molecule has 53 heavy (non-hydrogen) atoms. The van der Waals surface area contributed by atoms with Crippen LogP contribution in [-0.4, -0.2) is 89.0 Å². The first-order valence-electron chi connectivity index (χ1n) is 21.1. The van der Waals surface area contributed by atoms with Gasteiger partial charge in [-0.15, -0.1) is 0 Å². The Kier molecular flexibility index (Phi) is 31.8. The lowest BCUT2D eigenvalue weighted by Gasteiger charge is -2.39. The highest BCUT2D eigenvalue weighted by atomic mass is 16.7. The molecule has 1 heterocycles. The van der Waals surface area contributed by atoms with E-state index < -0.39 is 55.4 Å². The van der Waals surface area contributed by atoms with Gasteiger partial charge in [0.1, 0.15) is 31.0 Å². The lowest BCUT2D eigenvalue weighted by molar-refractivity contribution is -0.305. The van der Waals surface area contributed by atoms with E-state index in [-0.39, 0.29) is 19.6 Å². The number of rotatable bonds is 34. The number of ether oxygens (including phenoxy) is 4. The number of hydrogen-bond acceptors (Lipinski definition) is 10. The Bertz CT molecular complexity index is 965. The van der Waals surface area contributed by atoms with Crippen molar-refractivity contribution in [2.75, 3.05) is 19.8 Å². The largest absolute Gasteiger partial charge is 0.462 e. The first-order chi connectivity index (χ1) is 25.8. The molecule has 0 aliphatic carbocycles. The summed E-state index contributed by atoms with van der Waals surface area (Å²) in [5.74, 6) is -1.08. The second kappa shape index (κ2) is 34.4. The second-order valence-electron chi connectivity index (χ2n) is 14.5. The van der Waals surface area contributed by atoms with Crippen LogP contribution in [0.3, 0.4) is 0 Å². The van der Waals surface area contributed by atoms with Crippen molar-refractivity contribution in [1.82, 2.24) is 0 Å². The van der Waals surface area contributed by atoms with E-state index in [4.69, 9.17) is 18.9 Å². The third kappa shape index (κ3) is 26.4. The quantitative estimate of drug-likeness (QED) is 0.0166. The first kappa shape index (κ1) is 48.9. The molecule has 1 aliphatic heterocycles. The summed E-state index contributed by atoms with van der Waals surface area (Å²) < 4.78 is 21.9. The minimum Gasteiger partial charge on any atom is -0.462 e. The zero-order valence-corrected chi connectivity index (χ0v) is 33.3. The number of esters is 2. The van der Waals surface area contributed by atoms with Crippen molar-refractivity contribution in [3.8, 4) is 0 Å². The predicted molar refractivity (Wildman–Crippen MR) is 210 cm³/mol. The third-order valence-electron chi connectivity index (χ3n) is 9.60. The van der Waals surface area contributed by atoms with Crippen molar-refractivity contribution < 1.29 is 49.0 Å². The fraction of sp³-hybridized carbons (Fsp3) is 0.814. The molecule has 0 amide bonds. The molecule has 1 rings (SSSR count). The Hall–Kier alpha value is -2.08. The van der Waals surface area contributed by atoms with Gasteiger partial charge in [0.15, 0.2) is 12.4 Å². The van der Waals surface area contributed by atoms with Gasteiger partial charge in [-0.25, -0.2) is 4.79 Å². The van der Waals surface area contributed by atoms with Crippen LogP contribution in [0.5, 0.6) is 0 Å². The van der Waals surface area contributed by atoms with Crippen LogP contribution < -0.4 is 0 Å². The van der Waals surface area contributed by atoms with Gasteiger partial charge in [-0.3, -0.25) is 4.79 Å². The van der Waals surface area contributed by atoms with Gasteiger partial charge in [-0.05, 0) is 44.9 Å². The molecule has 2 unspecified atom stereocenters. The third-order valence-corrected chi connectivity index (χ3v) is 9.60. The average Bonchev–Trinajstić information content (AvgIpc) is 3.15. The predicted octanol–water partition coefficient (Wildman–Crippen LogP) is 8.33. The van der Waals surface area contributed by atoms with E-state index >= 15 is 0 Å². The number of unbranched alkanes of at least 4 members (excludes halogenated alkanes) is 20. The monoisotopic (exact) mass is 753 g/mol. The maximum atomic E-state index is 12.6. The molecule has 0 radical (unpaired) electrons. The van der Waals surface area contributed by atoms with Crippen molar-refractivity contribution in [1.29, 1.82) is 0 Å². The van der Waals surface area contributed by atoms with Gasteiger partial charge in [0, 0.05) is 12.5 Å². The van der Waals surface area contributed by atoms with Crippen molar-refractivity contribution in [3.63, 3.8) is 0 Å². The molecule has 0 spiro atoms. The molecule has 1 aliphatic rings. The molecule has 308 valence electrons. The molecular weight excluding hydrogens is 676 g/mol. The molecule has 0 aromatic rings. The molecule has 0 aromatic carbocycles. The zero-order valence-electron chi connectivity index (χ0n) is 33.3. The molecule has 4 N–H and O–H groups in total. The van der Waals surface area contributed by atoms with E-state index in [1.807, 2.05) is 12.2 Å². The normalized spacial score (nSPS) is 21.2. The maximum absolute atomic E-state index is 12.6. The number of aliphatic hydroxyl groups excluding tert-OH is 4. The molecule has 0 saturated carbocycles. The highest BCUT2D eigenvalue weighted by Crippen LogP contribution is 2.22. The molecule has 10 heteroatoms. The molecule has 1 saturated heterocycles. The van der Waals surface area contributed by atoms with Crippen LogP contribution in [0.25, 0.3) is 0 Å². The van der Waals surface area contributed by atoms with Crippen molar-refractivity contribution in [2.45, 2.75) is 205 Å². The number of hydrogen-bond donors (Lipinski definition) is 4. The summed E-state index contributed by atoms with van der Waals surface area (Å²) in [6.07, 6.45) is 30.7. The Balaban J connectivity index is 2.43. The Morgan fingerprint density at radius 2 is 1.13 bits per heavy atom. The van der Waals surface area contributed by atoms with Gasteiger partial charge in [0.05, 0.1) is 13.2 Å². The van der Waals surface area contributed by atoms with E-state index in [0.29, 0.717) is 6.42 Å². The van der Waals surface area contributed by atoms with E-state index in [0.717, 1.165) is 38.5 Å². The van der Waals surface area contributed by atoms with Crippen LogP contribution in [0.2, 0.25) is 0 Å². The topological polar surface area (TPSA) is 152 Å². The van der Waals surface area contributed by atoms with E-state index in [1.165, 1.54) is 109 Å². The molecule has 0 aromatic heterocycles. The fourth-order valence-corrected chi connectivity index (χ4v) is 6.21. The van der Waals surface area contributed by atoms with Crippen LogP contribution in [0.4, 0.5) is 0 Å². The summed E-state index contributed by atoms with van der Waals surface area (Å²) in [5.41, 5.74) is 0.